The van der Waals surface area contributed by atoms with E-state index in [1.165, 1.54) is 4.90 Å². The lowest BCUT2D eigenvalue weighted by molar-refractivity contribution is -0.123. The topological polar surface area (TPSA) is 79.3 Å². The first-order valence-electron chi connectivity index (χ1n) is 8.41. The Balaban J connectivity index is 2.66. The summed E-state index contributed by atoms with van der Waals surface area (Å²) in [7, 11) is 3.59. The Labute approximate surface area is 153 Å². The zero-order valence-corrected chi connectivity index (χ0v) is 15.5. The molecule has 0 saturated carbocycles. The predicted octanol–water partition coefficient (Wildman–Crippen LogP) is -0.581. The predicted molar refractivity (Wildman–Crippen MR) is 102 cm³/mol. The SMILES string of the molecule is C=C/C=C(NC)/C(C=C)=c1\nc(C(=O)N2CCNC(=O)C2)n(C)\c1=C\C. The standard InChI is InChI=1S/C19H25N5O2/c1-6-9-14(20-4)13(7-2)17-15(8-3)23(5)18(22-17)19(26)24-11-10-21-16(25)12-24/h6-9,20H,1-2,10-12H2,3-5H3,(H,21,25)/b14-9-,15-8+,17-13-. The molecular formula is C19H25N5O2. The fourth-order valence-corrected chi connectivity index (χ4v) is 2.94. The number of hydrogen-bond acceptors (Lipinski definition) is 4. The zero-order valence-electron chi connectivity index (χ0n) is 15.5. The summed E-state index contributed by atoms with van der Waals surface area (Å²) in [5.74, 6) is -0.138. The number of nitrogens with one attached hydrogen (secondary N) is 2. The van der Waals surface area contributed by atoms with E-state index in [-0.39, 0.29) is 24.2 Å². The van der Waals surface area contributed by atoms with Gasteiger partial charge in [0, 0.05) is 38.5 Å². The Morgan fingerprint density at radius 3 is 2.65 bits per heavy atom. The molecule has 0 unspecified atom stereocenters. The van der Waals surface area contributed by atoms with Crippen molar-refractivity contribution in [3.63, 3.8) is 0 Å². The molecule has 138 valence electrons. The van der Waals surface area contributed by atoms with Crippen molar-refractivity contribution in [1.29, 1.82) is 0 Å². The third-order valence-electron chi connectivity index (χ3n) is 4.23. The Morgan fingerprint density at radius 2 is 2.12 bits per heavy atom. The molecule has 1 saturated heterocycles. The molecule has 7 nitrogen and oxygen atoms in total. The van der Waals surface area contributed by atoms with Gasteiger partial charge in [-0.15, -0.1) is 0 Å². The van der Waals surface area contributed by atoms with Gasteiger partial charge in [0.1, 0.15) is 6.54 Å². The molecule has 1 aromatic rings. The minimum absolute atomic E-state index is 0.0440. The lowest BCUT2D eigenvalue weighted by atomic mass is 10.1. The lowest BCUT2D eigenvalue weighted by Crippen LogP contribution is -2.50. The second kappa shape index (κ2) is 8.33. The number of imidazole rings is 1. The van der Waals surface area contributed by atoms with Crippen molar-refractivity contribution >= 4 is 23.5 Å². The molecule has 1 aliphatic rings. The largest absolute Gasteiger partial charge is 0.388 e. The van der Waals surface area contributed by atoms with Crippen molar-refractivity contribution in [2.24, 2.45) is 7.05 Å². The van der Waals surface area contributed by atoms with Crippen molar-refractivity contribution in [1.82, 2.24) is 25.1 Å². The maximum absolute atomic E-state index is 12.9. The van der Waals surface area contributed by atoms with Crippen molar-refractivity contribution < 1.29 is 9.59 Å². The van der Waals surface area contributed by atoms with Gasteiger partial charge in [-0.05, 0) is 13.0 Å². The second-order valence-corrected chi connectivity index (χ2v) is 5.78. The maximum Gasteiger partial charge on any atom is 0.290 e. The molecule has 2 rings (SSSR count). The Bertz CT molecular complexity index is 892. The van der Waals surface area contributed by atoms with Crippen LogP contribution in [0.1, 0.15) is 17.5 Å². The number of allylic oxidation sites excluding steroid dienone is 3. The summed E-state index contributed by atoms with van der Waals surface area (Å²) < 4.78 is 1.74. The summed E-state index contributed by atoms with van der Waals surface area (Å²) in [5, 5.41) is 7.27. The molecule has 0 aromatic carbocycles. The van der Waals surface area contributed by atoms with Gasteiger partial charge in [0.15, 0.2) is 5.82 Å². The van der Waals surface area contributed by atoms with Crippen LogP contribution >= 0.6 is 0 Å². The van der Waals surface area contributed by atoms with E-state index in [1.54, 1.807) is 30.8 Å². The average molecular weight is 355 g/mol. The van der Waals surface area contributed by atoms with Crippen LogP contribution in [0.5, 0.6) is 0 Å². The number of carbonyl (C=O) groups excluding carboxylic acids is 2. The quantitative estimate of drug-likeness (QED) is 0.693. The third kappa shape index (κ3) is 3.61. The first-order valence-corrected chi connectivity index (χ1v) is 8.41. The van der Waals surface area contributed by atoms with Crippen LogP contribution in [0.4, 0.5) is 0 Å². The van der Waals surface area contributed by atoms with Crippen LogP contribution in [0.3, 0.4) is 0 Å². The number of nitrogens with zero attached hydrogens (tertiary/aromatic N) is 3. The van der Waals surface area contributed by atoms with E-state index in [9.17, 15) is 9.59 Å². The molecular weight excluding hydrogens is 330 g/mol. The van der Waals surface area contributed by atoms with E-state index in [2.05, 4.69) is 28.8 Å². The van der Waals surface area contributed by atoms with Gasteiger partial charge in [0.2, 0.25) is 5.91 Å². The van der Waals surface area contributed by atoms with E-state index in [1.807, 2.05) is 19.1 Å². The van der Waals surface area contributed by atoms with E-state index in [0.717, 1.165) is 16.6 Å². The molecule has 1 fully saturated rings. The first kappa shape index (κ1) is 19.2. The number of amides is 2. The summed E-state index contributed by atoms with van der Waals surface area (Å²) >= 11 is 0. The molecule has 0 spiro atoms. The van der Waals surface area contributed by atoms with Gasteiger partial charge in [0.25, 0.3) is 5.91 Å². The fourth-order valence-electron chi connectivity index (χ4n) is 2.94. The second-order valence-electron chi connectivity index (χ2n) is 5.78. The molecule has 1 aliphatic heterocycles. The number of aromatic nitrogens is 2. The van der Waals surface area contributed by atoms with E-state index >= 15 is 0 Å². The number of rotatable bonds is 5. The van der Waals surface area contributed by atoms with Crippen LogP contribution in [0.25, 0.3) is 11.6 Å². The Morgan fingerprint density at radius 1 is 1.38 bits per heavy atom. The van der Waals surface area contributed by atoms with Gasteiger partial charge < -0.3 is 20.1 Å². The minimum Gasteiger partial charge on any atom is -0.388 e. The number of hydrogen-bond donors (Lipinski definition) is 2. The highest BCUT2D eigenvalue weighted by molar-refractivity contribution is 5.94. The molecule has 0 aliphatic carbocycles. The molecule has 0 atom stereocenters. The highest BCUT2D eigenvalue weighted by Crippen LogP contribution is 2.07. The van der Waals surface area contributed by atoms with Crippen LogP contribution in [-0.2, 0) is 11.8 Å². The highest BCUT2D eigenvalue weighted by atomic mass is 16.2. The summed E-state index contributed by atoms with van der Waals surface area (Å²) in [4.78, 5) is 30.6. The Hall–Kier alpha value is -3.09. The highest BCUT2D eigenvalue weighted by Gasteiger charge is 2.26. The first-order chi connectivity index (χ1) is 12.5. The van der Waals surface area contributed by atoms with Gasteiger partial charge in [-0.25, -0.2) is 4.98 Å². The molecule has 1 aromatic heterocycles. The monoisotopic (exact) mass is 355 g/mol. The smallest absolute Gasteiger partial charge is 0.290 e. The normalized spacial score (nSPS) is 16.9. The van der Waals surface area contributed by atoms with Gasteiger partial charge in [-0.3, -0.25) is 9.59 Å². The van der Waals surface area contributed by atoms with Crippen LogP contribution in [-0.4, -0.2) is 52.9 Å². The van der Waals surface area contributed by atoms with Crippen LogP contribution in [0.2, 0.25) is 0 Å². The molecule has 0 bridgehead atoms. The van der Waals surface area contributed by atoms with Crippen molar-refractivity contribution in [3.8, 4) is 0 Å². The molecule has 0 radical (unpaired) electrons. The summed E-state index contributed by atoms with van der Waals surface area (Å²) in [6.07, 6.45) is 7.09. The van der Waals surface area contributed by atoms with E-state index < -0.39 is 0 Å². The van der Waals surface area contributed by atoms with Gasteiger partial charge in [-0.1, -0.05) is 31.4 Å². The van der Waals surface area contributed by atoms with Crippen LogP contribution < -0.4 is 21.3 Å². The molecule has 2 heterocycles. The van der Waals surface area contributed by atoms with Crippen molar-refractivity contribution in [3.05, 3.63) is 53.6 Å². The van der Waals surface area contributed by atoms with E-state index in [0.29, 0.717) is 18.4 Å². The van der Waals surface area contributed by atoms with Crippen LogP contribution in [0, 0.1) is 0 Å². The number of carbonyl (C=O) groups is 2. The Kier molecular flexibility index (Phi) is 6.16. The van der Waals surface area contributed by atoms with Gasteiger partial charge in [0.05, 0.1) is 10.7 Å². The average Bonchev–Trinajstić information content (AvgIpc) is 2.97. The van der Waals surface area contributed by atoms with Gasteiger partial charge >= 0.3 is 0 Å². The lowest BCUT2D eigenvalue weighted by Gasteiger charge is -2.26. The van der Waals surface area contributed by atoms with Crippen LogP contribution in [0.15, 0.2) is 37.1 Å². The zero-order chi connectivity index (χ0) is 19.3. The van der Waals surface area contributed by atoms with Crippen molar-refractivity contribution in [2.45, 2.75) is 6.92 Å². The summed E-state index contributed by atoms with van der Waals surface area (Å²) in [5.41, 5.74) is 1.57. The minimum atomic E-state index is -0.265. The molecule has 2 amide bonds. The maximum atomic E-state index is 12.9. The summed E-state index contributed by atoms with van der Waals surface area (Å²) in [6.45, 7) is 10.5. The summed E-state index contributed by atoms with van der Waals surface area (Å²) in [6, 6.07) is 0. The van der Waals surface area contributed by atoms with E-state index in [4.69, 9.17) is 0 Å². The molecule has 2 N–H and O–H groups in total. The molecule has 7 heteroatoms. The van der Waals surface area contributed by atoms with Gasteiger partial charge in [-0.2, -0.15) is 0 Å². The van der Waals surface area contributed by atoms with Crippen molar-refractivity contribution in [2.75, 3.05) is 26.7 Å². The number of piperazine rings is 1. The third-order valence-corrected chi connectivity index (χ3v) is 4.23. The fraction of sp³-hybridized carbons (Fsp3) is 0.316. The molecule has 26 heavy (non-hydrogen) atoms.